The number of nitrogens with one attached hydrogen (secondary N) is 1. The van der Waals surface area contributed by atoms with E-state index >= 15 is 0 Å². The highest BCUT2D eigenvalue weighted by molar-refractivity contribution is 6.31. The summed E-state index contributed by atoms with van der Waals surface area (Å²) >= 11 is 5.93. The predicted octanol–water partition coefficient (Wildman–Crippen LogP) is 4.19. The molecule has 0 saturated carbocycles. The summed E-state index contributed by atoms with van der Waals surface area (Å²) in [7, 11) is 0. The number of rotatable bonds is 3. The Morgan fingerprint density at radius 2 is 1.92 bits per heavy atom. The summed E-state index contributed by atoms with van der Waals surface area (Å²) in [5.41, 5.74) is -0.879. The van der Waals surface area contributed by atoms with E-state index < -0.39 is 23.2 Å². The normalized spacial score (nSPS) is 11.4. The van der Waals surface area contributed by atoms with E-state index in [1.165, 1.54) is 35.5 Å². The third-order valence-corrected chi connectivity index (χ3v) is 3.58. The van der Waals surface area contributed by atoms with Crippen molar-refractivity contribution >= 4 is 23.2 Å². The Kier molecular flexibility index (Phi) is 4.45. The highest BCUT2D eigenvalue weighted by Crippen LogP contribution is 2.32. The summed E-state index contributed by atoms with van der Waals surface area (Å²) in [5.74, 6) is -0.906. The van der Waals surface area contributed by atoms with Gasteiger partial charge in [-0.3, -0.25) is 4.79 Å². The molecule has 0 aliphatic heterocycles. The van der Waals surface area contributed by atoms with E-state index in [-0.39, 0.29) is 5.69 Å². The van der Waals surface area contributed by atoms with E-state index in [4.69, 9.17) is 11.6 Å². The number of hydrogen-bond donors (Lipinski definition) is 1. The third kappa shape index (κ3) is 3.63. The third-order valence-electron chi connectivity index (χ3n) is 3.35. The first-order valence-corrected chi connectivity index (χ1v) is 7.36. The van der Waals surface area contributed by atoms with E-state index in [0.29, 0.717) is 10.7 Å². The molecular formula is C16H10ClF3N4O. The number of hydrogen-bond acceptors (Lipinski definition) is 3. The molecule has 0 aliphatic carbocycles. The van der Waals surface area contributed by atoms with Crippen LogP contribution < -0.4 is 5.32 Å². The molecule has 25 heavy (non-hydrogen) atoms. The van der Waals surface area contributed by atoms with Gasteiger partial charge in [0.05, 0.1) is 22.5 Å². The predicted molar refractivity (Wildman–Crippen MR) is 85.8 cm³/mol. The molecule has 0 aliphatic rings. The molecule has 0 saturated heterocycles. The topological polar surface area (TPSA) is 59.8 Å². The maximum atomic E-state index is 13.1. The fourth-order valence-corrected chi connectivity index (χ4v) is 2.43. The zero-order chi connectivity index (χ0) is 18.0. The first kappa shape index (κ1) is 17.0. The zero-order valence-electron chi connectivity index (χ0n) is 12.5. The Labute approximate surface area is 145 Å². The van der Waals surface area contributed by atoms with Crippen LogP contribution in [0, 0.1) is 0 Å². The number of anilines is 1. The quantitative estimate of drug-likeness (QED) is 0.756. The van der Waals surface area contributed by atoms with Gasteiger partial charge in [-0.2, -0.15) is 18.3 Å². The van der Waals surface area contributed by atoms with Gasteiger partial charge in [-0.15, -0.1) is 0 Å². The Balaban J connectivity index is 1.99. The summed E-state index contributed by atoms with van der Waals surface area (Å²) in [6.07, 6.45) is -1.96. The van der Waals surface area contributed by atoms with Gasteiger partial charge < -0.3 is 5.32 Å². The Morgan fingerprint density at radius 3 is 2.60 bits per heavy atom. The van der Waals surface area contributed by atoms with E-state index in [1.807, 2.05) is 0 Å². The molecule has 0 atom stereocenters. The number of nitrogens with zero attached hydrogens (tertiary/aromatic N) is 3. The molecule has 3 rings (SSSR count). The number of halogens is 4. The molecule has 5 nitrogen and oxygen atoms in total. The van der Waals surface area contributed by atoms with Crippen LogP contribution in [0.15, 0.2) is 55.1 Å². The number of benzene rings is 2. The lowest BCUT2D eigenvalue weighted by Crippen LogP contribution is -2.19. The van der Waals surface area contributed by atoms with Crippen LogP contribution in [0.5, 0.6) is 0 Å². The lowest BCUT2D eigenvalue weighted by Gasteiger charge is -2.14. The van der Waals surface area contributed by atoms with Gasteiger partial charge in [0.1, 0.15) is 12.7 Å². The van der Waals surface area contributed by atoms with Gasteiger partial charge in [0.2, 0.25) is 0 Å². The maximum absolute atomic E-state index is 13.1. The van der Waals surface area contributed by atoms with E-state index in [2.05, 4.69) is 15.4 Å². The van der Waals surface area contributed by atoms with Crippen LogP contribution >= 0.6 is 11.6 Å². The molecule has 0 radical (unpaired) electrons. The van der Waals surface area contributed by atoms with Gasteiger partial charge in [-0.05, 0) is 30.3 Å². The average molecular weight is 367 g/mol. The van der Waals surface area contributed by atoms with E-state index in [0.717, 1.165) is 12.1 Å². The number of alkyl halides is 3. The van der Waals surface area contributed by atoms with Gasteiger partial charge in [-0.25, -0.2) is 9.67 Å². The van der Waals surface area contributed by atoms with Crippen LogP contribution in [0.4, 0.5) is 18.9 Å². The fourth-order valence-electron chi connectivity index (χ4n) is 2.26. The molecule has 0 fully saturated rings. The summed E-state index contributed by atoms with van der Waals surface area (Å²) < 4.78 is 40.6. The summed E-state index contributed by atoms with van der Waals surface area (Å²) in [6, 6.07) is 9.11. The molecule has 9 heteroatoms. The van der Waals surface area contributed by atoms with Crippen LogP contribution in [0.25, 0.3) is 5.69 Å². The molecule has 1 amide bonds. The second-order valence-corrected chi connectivity index (χ2v) is 5.44. The van der Waals surface area contributed by atoms with Crippen LogP contribution in [0.3, 0.4) is 0 Å². The largest absolute Gasteiger partial charge is 0.417 e. The summed E-state index contributed by atoms with van der Waals surface area (Å²) in [5, 5.41) is 6.71. The Hall–Kier alpha value is -2.87. The lowest BCUT2D eigenvalue weighted by molar-refractivity contribution is -0.137. The molecule has 0 bridgehead atoms. The SMILES string of the molecule is O=C(Nc1cc(Cl)ccc1-n1cncn1)c1ccccc1C(F)(F)F. The minimum atomic E-state index is -4.64. The van der Waals surface area contributed by atoms with Gasteiger partial charge in [0.15, 0.2) is 0 Å². The van der Waals surface area contributed by atoms with Crippen molar-refractivity contribution in [2.45, 2.75) is 6.18 Å². The summed E-state index contributed by atoms with van der Waals surface area (Å²) in [6.45, 7) is 0. The molecule has 128 valence electrons. The lowest BCUT2D eigenvalue weighted by atomic mass is 10.1. The number of carbonyl (C=O) groups excluding carboxylic acids is 1. The fraction of sp³-hybridized carbons (Fsp3) is 0.0625. The first-order chi connectivity index (χ1) is 11.9. The van der Waals surface area contributed by atoms with Gasteiger partial charge in [0.25, 0.3) is 5.91 Å². The molecule has 1 aromatic heterocycles. The maximum Gasteiger partial charge on any atom is 0.417 e. The standard InChI is InChI=1S/C16H10ClF3N4O/c17-10-5-6-14(24-9-21-8-22-24)13(7-10)23-15(25)11-3-1-2-4-12(11)16(18,19)20/h1-9H,(H,23,25). The van der Waals surface area contributed by atoms with E-state index in [1.54, 1.807) is 12.1 Å². The van der Waals surface area contributed by atoms with Crippen molar-refractivity contribution in [1.29, 1.82) is 0 Å². The van der Waals surface area contributed by atoms with Crippen molar-refractivity contribution in [3.05, 3.63) is 71.3 Å². The van der Waals surface area contributed by atoms with Gasteiger partial charge in [-0.1, -0.05) is 23.7 Å². The molecule has 2 aromatic carbocycles. The van der Waals surface area contributed by atoms with Crippen molar-refractivity contribution < 1.29 is 18.0 Å². The van der Waals surface area contributed by atoms with Crippen molar-refractivity contribution in [1.82, 2.24) is 14.8 Å². The minimum Gasteiger partial charge on any atom is -0.320 e. The molecule has 0 unspecified atom stereocenters. The second kappa shape index (κ2) is 6.56. The van der Waals surface area contributed by atoms with Crippen LogP contribution in [0.2, 0.25) is 5.02 Å². The Bertz CT molecular complexity index is 910. The molecular weight excluding hydrogens is 357 g/mol. The van der Waals surface area contributed by atoms with Crippen LogP contribution in [-0.4, -0.2) is 20.7 Å². The van der Waals surface area contributed by atoms with Crippen molar-refractivity contribution in [2.75, 3.05) is 5.32 Å². The number of carbonyl (C=O) groups is 1. The molecule has 0 spiro atoms. The van der Waals surface area contributed by atoms with Crippen molar-refractivity contribution in [2.24, 2.45) is 0 Å². The first-order valence-electron chi connectivity index (χ1n) is 6.98. The van der Waals surface area contributed by atoms with E-state index in [9.17, 15) is 18.0 Å². The zero-order valence-corrected chi connectivity index (χ0v) is 13.2. The molecule has 1 heterocycles. The summed E-state index contributed by atoms with van der Waals surface area (Å²) in [4.78, 5) is 16.2. The van der Waals surface area contributed by atoms with Crippen LogP contribution in [0.1, 0.15) is 15.9 Å². The Morgan fingerprint density at radius 1 is 1.16 bits per heavy atom. The second-order valence-electron chi connectivity index (χ2n) is 5.00. The number of aromatic nitrogens is 3. The van der Waals surface area contributed by atoms with Gasteiger partial charge in [0, 0.05) is 5.02 Å². The van der Waals surface area contributed by atoms with Gasteiger partial charge >= 0.3 is 6.18 Å². The number of amides is 1. The molecule has 3 aromatic rings. The molecule has 1 N–H and O–H groups in total. The highest BCUT2D eigenvalue weighted by Gasteiger charge is 2.34. The minimum absolute atomic E-state index is 0.208. The average Bonchev–Trinajstić information content (AvgIpc) is 3.08. The monoisotopic (exact) mass is 366 g/mol. The highest BCUT2D eigenvalue weighted by atomic mass is 35.5. The van der Waals surface area contributed by atoms with Crippen LogP contribution in [-0.2, 0) is 6.18 Å². The van der Waals surface area contributed by atoms with Crippen molar-refractivity contribution in [3.8, 4) is 5.69 Å². The van der Waals surface area contributed by atoms with Crippen molar-refractivity contribution in [3.63, 3.8) is 0 Å². The smallest absolute Gasteiger partial charge is 0.320 e.